The van der Waals surface area contributed by atoms with Crippen LogP contribution in [0.3, 0.4) is 0 Å². The van der Waals surface area contributed by atoms with Gasteiger partial charge in [0, 0.05) is 31.6 Å². The van der Waals surface area contributed by atoms with Crippen molar-refractivity contribution in [3.63, 3.8) is 0 Å². The monoisotopic (exact) mass is 441 g/mol. The van der Waals surface area contributed by atoms with Gasteiger partial charge in [-0.25, -0.2) is 14.8 Å². The van der Waals surface area contributed by atoms with Crippen molar-refractivity contribution < 1.29 is 9.53 Å². The van der Waals surface area contributed by atoms with Crippen LogP contribution in [0.25, 0.3) is 22.6 Å². The van der Waals surface area contributed by atoms with Crippen molar-refractivity contribution >= 4 is 33.5 Å². The number of aromatic nitrogens is 3. The number of amides is 1. The summed E-state index contributed by atoms with van der Waals surface area (Å²) in [6, 6.07) is 8.07. The van der Waals surface area contributed by atoms with Crippen LogP contribution in [0.2, 0.25) is 0 Å². The summed E-state index contributed by atoms with van der Waals surface area (Å²) in [4.78, 5) is 29.9. The SMILES string of the molecule is CC(C)c1nc(-c2nc3ccccc3[nH]2)c(N2CCN(C(=O)OC(C)(C)C)C(C)C2)s1. The van der Waals surface area contributed by atoms with Crippen molar-refractivity contribution in [2.24, 2.45) is 0 Å². The maximum atomic E-state index is 12.6. The van der Waals surface area contributed by atoms with Gasteiger partial charge in [-0.05, 0) is 39.8 Å². The van der Waals surface area contributed by atoms with Gasteiger partial charge in [0.05, 0.1) is 16.0 Å². The van der Waals surface area contributed by atoms with E-state index < -0.39 is 5.60 Å². The van der Waals surface area contributed by atoms with Crippen LogP contribution in [0, 0.1) is 0 Å². The number of ether oxygens (including phenoxy) is 1. The van der Waals surface area contributed by atoms with Gasteiger partial charge in [-0.1, -0.05) is 26.0 Å². The Bertz CT molecular complexity index is 1050. The summed E-state index contributed by atoms with van der Waals surface area (Å²) >= 11 is 1.72. The van der Waals surface area contributed by atoms with E-state index >= 15 is 0 Å². The molecule has 2 aromatic heterocycles. The van der Waals surface area contributed by atoms with Crippen LogP contribution in [-0.4, -0.2) is 57.2 Å². The number of nitrogens with one attached hydrogen (secondary N) is 1. The number of carbonyl (C=O) groups excluding carboxylic acids is 1. The van der Waals surface area contributed by atoms with Crippen molar-refractivity contribution in [3.05, 3.63) is 29.3 Å². The second-order valence-electron chi connectivity index (χ2n) is 9.43. The van der Waals surface area contributed by atoms with Gasteiger partial charge in [-0.3, -0.25) is 0 Å². The van der Waals surface area contributed by atoms with Crippen molar-refractivity contribution in [1.82, 2.24) is 19.9 Å². The summed E-state index contributed by atoms with van der Waals surface area (Å²) in [5.41, 5.74) is 2.34. The number of hydrogen-bond acceptors (Lipinski definition) is 6. The van der Waals surface area contributed by atoms with Gasteiger partial charge in [-0.2, -0.15) is 0 Å². The van der Waals surface area contributed by atoms with Crippen LogP contribution >= 0.6 is 11.3 Å². The van der Waals surface area contributed by atoms with E-state index in [1.165, 1.54) is 0 Å². The van der Waals surface area contributed by atoms with E-state index in [2.05, 4.69) is 30.7 Å². The molecule has 1 fully saturated rings. The van der Waals surface area contributed by atoms with Crippen LogP contribution in [0.5, 0.6) is 0 Å². The molecule has 31 heavy (non-hydrogen) atoms. The number of rotatable bonds is 3. The molecule has 1 unspecified atom stereocenters. The Morgan fingerprint density at radius 3 is 2.61 bits per heavy atom. The Morgan fingerprint density at radius 2 is 1.97 bits per heavy atom. The third-order valence-corrected chi connectivity index (χ3v) is 6.69. The van der Waals surface area contributed by atoms with E-state index in [1.54, 1.807) is 11.3 Å². The highest BCUT2D eigenvalue weighted by Crippen LogP contribution is 2.39. The Morgan fingerprint density at radius 1 is 1.23 bits per heavy atom. The number of aromatic amines is 1. The first-order chi connectivity index (χ1) is 14.6. The molecule has 7 nitrogen and oxygen atoms in total. The highest BCUT2D eigenvalue weighted by atomic mass is 32.1. The lowest BCUT2D eigenvalue weighted by atomic mass is 10.2. The Hall–Kier alpha value is -2.61. The van der Waals surface area contributed by atoms with Crippen molar-refractivity contribution in [3.8, 4) is 11.5 Å². The molecule has 0 saturated carbocycles. The van der Waals surface area contributed by atoms with Crippen LogP contribution in [0.15, 0.2) is 24.3 Å². The minimum Gasteiger partial charge on any atom is -0.444 e. The molecule has 1 aliphatic rings. The number of hydrogen-bond donors (Lipinski definition) is 1. The highest BCUT2D eigenvalue weighted by Gasteiger charge is 2.33. The number of carbonyl (C=O) groups is 1. The molecule has 1 amide bonds. The van der Waals surface area contributed by atoms with E-state index in [-0.39, 0.29) is 12.1 Å². The first-order valence-corrected chi connectivity index (χ1v) is 11.6. The summed E-state index contributed by atoms with van der Waals surface area (Å²) in [7, 11) is 0. The summed E-state index contributed by atoms with van der Waals surface area (Å²) in [6.45, 7) is 14.2. The van der Waals surface area contributed by atoms with Crippen LogP contribution in [0.1, 0.15) is 52.5 Å². The molecule has 8 heteroatoms. The van der Waals surface area contributed by atoms with Crippen LogP contribution in [-0.2, 0) is 4.74 Å². The fourth-order valence-corrected chi connectivity index (χ4v) is 4.85. The molecule has 0 bridgehead atoms. The quantitative estimate of drug-likeness (QED) is 0.600. The Labute approximate surface area is 187 Å². The number of fused-ring (bicyclic) bond motifs is 1. The molecule has 1 N–H and O–H groups in total. The third kappa shape index (κ3) is 4.54. The first kappa shape index (κ1) is 21.6. The number of thiazole rings is 1. The molecule has 4 rings (SSSR count). The number of benzene rings is 1. The van der Waals surface area contributed by atoms with E-state index in [0.29, 0.717) is 12.5 Å². The molecule has 1 saturated heterocycles. The molecular weight excluding hydrogens is 410 g/mol. The number of nitrogens with zero attached hydrogens (tertiary/aromatic N) is 4. The topological polar surface area (TPSA) is 74.4 Å². The highest BCUT2D eigenvalue weighted by molar-refractivity contribution is 7.16. The van der Waals surface area contributed by atoms with Crippen molar-refractivity contribution in [2.45, 2.75) is 59.1 Å². The van der Waals surface area contributed by atoms with Gasteiger partial charge >= 0.3 is 6.09 Å². The van der Waals surface area contributed by atoms with Gasteiger partial charge in [0.1, 0.15) is 16.3 Å². The lowest BCUT2D eigenvalue weighted by molar-refractivity contribution is 0.0159. The lowest BCUT2D eigenvalue weighted by Gasteiger charge is -2.40. The average Bonchev–Trinajstić information content (AvgIpc) is 3.30. The van der Waals surface area contributed by atoms with Crippen LogP contribution in [0.4, 0.5) is 9.80 Å². The molecule has 0 aliphatic carbocycles. The maximum Gasteiger partial charge on any atom is 0.410 e. The first-order valence-electron chi connectivity index (χ1n) is 10.8. The average molecular weight is 442 g/mol. The molecular formula is C23H31N5O2S. The zero-order valence-corrected chi connectivity index (χ0v) is 19.9. The minimum absolute atomic E-state index is 0.0386. The predicted octanol–water partition coefficient (Wildman–Crippen LogP) is 5.26. The standard InChI is InChI=1S/C23H31N5O2S/c1-14(2)20-26-18(19-24-16-9-7-8-10-17(16)25-19)21(31-20)27-11-12-28(15(3)13-27)22(29)30-23(4,5)6/h7-10,14-15H,11-13H2,1-6H3,(H,24,25). The fraction of sp³-hybridized carbons (Fsp3) is 0.522. The van der Waals surface area contributed by atoms with Gasteiger partial charge < -0.3 is 19.5 Å². The number of H-pyrrole nitrogens is 1. The molecule has 1 atom stereocenters. The predicted molar refractivity (Wildman–Crippen MR) is 126 cm³/mol. The zero-order valence-electron chi connectivity index (χ0n) is 19.1. The van der Waals surface area contributed by atoms with Gasteiger partial charge in [0.2, 0.25) is 0 Å². The van der Waals surface area contributed by atoms with Crippen molar-refractivity contribution in [2.75, 3.05) is 24.5 Å². The molecule has 0 radical (unpaired) electrons. The largest absolute Gasteiger partial charge is 0.444 e. The third-order valence-electron chi connectivity index (χ3n) is 5.28. The van der Waals surface area contributed by atoms with Gasteiger partial charge in [-0.15, -0.1) is 11.3 Å². The Kier molecular flexibility index (Phi) is 5.68. The molecule has 0 spiro atoms. The van der Waals surface area contributed by atoms with Gasteiger partial charge in [0.15, 0.2) is 5.82 Å². The zero-order chi connectivity index (χ0) is 22.3. The molecule has 166 valence electrons. The molecule has 3 heterocycles. The number of piperazine rings is 1. The molecule has 1 aliphatic heterocycles. The number of imidazole rings is 1. The van der Waals surface area contributed by atoms with E-state index in [0.717, 1.165) is 45.6 Å². The summed E-state index contributed by atoms with van der Waals surface area (Å²) in [6.07, 6.45) is -0.246. The summed E-state index contributed by atoms with van der Waals surface area (Å²) in [5, 5.41) is 2.20. The van der Waals surface area contributed by atoms with E-state index in [9.17, 15) is 4.79 Å². The van der Waals surface area contributed by atoms with Crippen molar-refractivity contribution in [1.29, 1.82) is 0 Å². The number of anilines is 1. The van der Waals surface area contributed by atoms with Crippen LogP contribution < -0.4 is 4.90 Å². The van der Waals surface area contributed by atoms with E-state index in [1.807, 2.05) is 49.9 Å². The number of para-hydroxylation sites is 2. The van der Waals surface area contributed by atoms with Gasteiger partial charge in [0.25, 0.3) is 0 Å². The lowest BCUT2D eigenvalue weighted by Crippen LogP contribution is -2.55. The molecule has 1 aromatic carbocycles. The minimum atomic E-state index is -0.494. The fourth-order valence-electron chi connectivity index (χ4n) is 3.74. The Balaban J connectivity index is 1.62. The normalized spacial score (nSPS) is 17.6. The smallest absolute Gasteiger partial charge is 0.410 e. The second kappa shape index (κ2) is 8.15. The summed E-state index contributed by atoms with van der Waals surface area (Å²) in [5.74, 6) is 1.13. The summed E-state index contributed by atoms with van der Waals surface area (Å²) < 4.78 is 5.59. The van der Waals surface area contributed by atoms with E-state index in [4.69, 9.17) is 14.7 Å². The second-order valence-corrected chi connectivity index (χ2v) is 10.4. The molecule has 3 aromatic rings. The maximum absolute atomic E-state index is 12.6.